The van der Waals surface area contributed by atoms with Gasteiger partial charge in [-0.3, -0.25) is 4.79 Å². The van der Waals surface area contributed by atoms with E-state index in [1.807, 2.05) is 31.2 Å². The van der Waals surface area contributed by atoms with Crippen LogP contribution in [-0.4, -0.2) is 24.0 Å². The molecule has 0 saturated heterocycles. The van der Waals surface area contributed by atoms with Crippen LogP contribution in [0.4, 0.5) is 5.13 Å². The van der Waals surface area contributed by atoms with E-state index in [9.17, 15) is 9.59 Å². The maximum absolute atomic E-state index is 11.9. The zero-order chi connectivity index (χ0) is 14.5. The second kappa shape index (κ2) is 6.29. The summed E-state index contributed by atoms with van der Waals surface area (Å²) in [6.45, 7) is 1.99. The number of thiazole rings is 1. The summed E-state index contributed by atoms with van der Waals surface area (Å²) in [4.78, 5) is 27.5. The van der Waals surface area contributed by atoms with Crippen LogP contribution in [0.3, 0.4) is 0 Å². The summed E-state index contributed by atoms with van der Waals surface area (Å²) in [5, 5.41) is 3.06. The molecule has 0 aliphatic heterocycles. The average Bonchev–Trinajstić information content (AvgIpc) is 2.89. The van der Waals surface area contributed by atoms with Crippen molar-refractivity contribution in [1.82, 2.24) is 4.98 Å². The molecular formula is C14H14N2O3S. The zero-order valence-electron chi connectivity index (χ0n) is 11.2. The molecule has 0 aliphatic carbocycles. The average molecular weight is 290 g/mol. The Bertz CT molecular complexity index is 620. The third-order valence-corrected chi connectivity index (χ3v) is 3.52. The number of aromatic nitrogens is 1. The first-order valence-corrected chi connectivity index (χ1v) is 6.79. The predicted octanol–water partition coefficient (Wildman–Crippen LogP) is 2.42. The lowest BCUT2D eigenvalue weighted by Crippen LogP contribution is -2.14. The Balaban J connectivity index is 1.96. The number of amides is 1. The lowest BCUT2D eigenvalue weighted by Gasteiger charge is -2.02. The topological polar surface area (TPSA) is 68.3 Å². The van der Waals surface area contributed by atoms with E-state index in [1.165, 1.54) is 13.3 Å². The van der Waals surface area contributed by atoms with Crippen molar-refractivity contribution < 1.29 is 14.3 Å². The molecule has 2 rings (SSSR count). The molecule has 0 atom stereocenters. The number of aryl methyl sites for hydroxylation is 1. The van der Waals surface area contributed by atoms with Crippen LogP contribution in [0.15, 0.2) is 30.5 Å². The molecule has 6 heteroatoms. The molecule has 1 amide bonds. The van der Waals surface area contributed by atoms with E-state index in [0.717, 1.165) is 22.5 Å². The van der Waals surface area contributed by atoms with Gasteiger partial charge in [0.1, 0.15) is 4.88 Å². The second-order valence-electron chi connectivity index (χ2n) is 4.23. The van der Waals surface area contributed by atoms with Gasteiger partial charge in [0.15, 0.2) is 5.13 Å². The molecule has 0 aliphatic rings. The van der Waals surface area contributed by atoms with Crippen molar-refractivity contribution in [2.45, 2.75) is 13.3 Å². The number of methoxy groups -OCH3 is 1. The van der Waals surface area contributed by atoms with Gasteiger partial charge < -0.3 is 10.1 Å². The summed E-state index contributed by atoms with van der Waals surface area (Å²) in [6, 6.07) is 7.75. The van der Waals surface area contributed by atoms with E-state index in [0.29, 0.717) is 10.0 Å². The van der Waals surface area contributed by atoms with Crippen molar-refractivity contribution >= 4 is 28.3 Å². The Morgan fingerprint density at radius 1 is 1.30 bits per heavy atom. The van der Waals surface area contributed by atoms with Gasteiger partial charge in [-0.2, -0.15) is 0 Å². The standard InChI is InChI=1S/C14H14N2O3S/c1-9-3-5-10(6-4-9)7-12(17)16-14-15-8-11(20-14)13(18)19-2/h3-6,8H,7H2,1-2H3,(H,15,16,17). The van der Waals surface area contributed by atoms with Gasteiger partial charge in [-0.05, 0) is 12.5 Å². The van der Waals surface area contributed by atoms with Crippen molar-refractivity contribution in [3.63, 3.8) is 0 Å². The Kier molecular flexibility index (Phi) is 4.47. The maximum Gasteiger partial charge on any atom is 0.349 e. The minimum absolute atomic E-state index is 0.167. The van der Waals surface area contributed by atoms with Crippen LogP contribution in [0.2, 0.25) is 0 Å². The number of nitrogens with one attached hydrogen (secondary N) is 1. The van der Waals surface area contributed by atoms with Gasteiger partial charge in [0, 0.05) is 0 Å². The second-order valence-corrected chi connectivity index (χ2v) is 5.26. The molecule has 1 N–H and O–H groups in total. The van der Waals surface area contributed by atoms with E-state index >= 15 is 0 Å². The monoisotopic (exact) mass is 290 g/mol. The highest BCUT2D eigenvalue weighted by atomic mass is 32.1. The van der Waals surface area contributed by atoms with Gasteiger partial charge in [-0.15, -0.1) is 0 Å². The van der Waals surface area contributed by atoms with Gasteiger partial charge in [-0.1, -0.05) is 41.2 Å². The van der Waals surface area contributed by atoms with Crippen LogP contribution in [0.25, 0.3) is 0 Å². The van der Waals surface area contributed by atoms with Crippen LogP contribution in [-0.2, 0) is 16.0 Å². The molecule has 5 nitrogen and oxygen atoms in total. The Morgan fingerprint density at radius 2 is 2.00 bits per heavy atom. The van der Waals surface area contributed by atoms with E-state index in [2.05, 4.69) is 15.0 Å². The van der Waals surface area contributed by atoms with Crippen molar-refractivity contribution in [3.8, 4) is 0 Å². The van der Waals surface area contributed by atoms with Crippen LogP contribution in [0.1, 0.15) is 20.8 Å². The molecule has 104 valence electrons. The number of esters is 1. The minimum Gasteiger partial charge on any atom is -0.465 e. The fourth-order valence-electron chi connectivity index (χ4n) is 1.58. The van der Waals surface area contributed by atoms with Gasteiger partial charge in [0.25, 0.3) is 0 Å². The molecule has 0 unspecified atom stereocenters. The normalized spacial score (nSPS) is 10.1. The first-order chi connectivity index (χ1) is 9.58. The van der Waals surface area contributed by atoms with E-state index < -0.39 is 5.97 Å². The lowest BCUT2D eigenvalue weighted by atomic mass is 10.1. The molecule has 0 bridgehead atoms. The molecule has 0 spiro atoms. The number of hydrogen-bond acceptors (Lipinski definition) is 5. The summed E-state index contributed by atoms with van der Waals surface area (Å²) in [7, 11) is 1.30. The number of carbonyl (C=O) groups excluding carboxylic acids is 2. The largest absolute Gasteiger partial charge is 0.465 e. The first kappa shape index (κ1) is 14.2. The van der Waals surface area contributed by atoms with Crippen molar-refractivity contribution in [3.05, 3.63) is 46.5 Å². The summed E-state index contributed by atoms with van der Waals surface area (Å²) in [5.41, 5.74) is 2.08. The quantitative estimate of drug-likeness (QED) is 0.878. The van der Waals surface area contributed by atoms with Gasteiger partial charge in [0.2, 0.25) is 5.91 Å². The van der Waals surface area contributed by atoms with Crippen LogP contribution in [0, 0.1) is 6.92 Å². The number of carbonyl (C=O) groups is 2. The molecular weight excluding hydrogens is 276 g/mol. The predicted molar refractivity (Wildman–Crippen MR) is 77.0 cm³/mol. The molecule has 1 aromatic carbocycles. The van der Waals surface area contributed by atoms with Crippen LogP contribution in [0.5, 0.6) is 0 Å². The molecule has 0 fully saturated rings. The van der Waals surface area contributed by atoms with Gasteiger partial charge in [-0.25, -0.2) is 9.78 Å². The summed E-state index contributed by atoms with van der Waals surface area (Å²) < 4.78 is 4.58. The molecule has 1 aromatic heterocycles. The number of benzene rings is 1. The zero-order valence-corrected chi connectivity index (χ0v) is 12.0. The highest BCUT2D eigenvalue weighted by Crippen LogP contribution is 2.19. The van der Waals surface area contributed by atoms with Crippen molar-refractivity contribution in [2.24, 2.45) is 0 Å². The summed E-state index contributed by atoms with van der Waals surface area (Å²) in [5.74, 6) is -0.624. The highest BCUT2D eigenvalue weighted by molar-refractivity contribution is 7.17. The van der Waals surface area contributed by atoms with Gasteiger partial charge in [0.05, 0.1) is 19.7 Å². The Morgan fingerprint density at radius 3 is 2.65 bits per heavy atom. The Hall–Kier alpha value is -2.21. The molecule has 2 aromatic rings. The number of nitrogens with zero attached hydrogens (tertiary/aromatic N) is 1. The number of ether oxygens (including phenoxy) is 1. The third kappa shape index (κ3) is 3.64. The highest BCUT2D eigenvalue weighted by Gasteiger charge is 2.12. The first-order valence-electron chi connectivity index (χ1n) is 5.98. The number of anilines is 1. The smallest absolute Gasteiger partial charge is 0.349 e. The molecule has 0 saturated carbocycles. The molecule has 1 heterocycles. The summed E-state index contributed by atoms with van der Waals surface area (Å²) in [6.07, 6.45) is 1.66. The van der Waals surface area contributed by atoms with E-state index in [-0.39, 0.29) is 12.3 Å². The fourth-order valence-corrected chi connectivity index (χ4v) is 2.33. The number of hydrogen-bond donors (Lipinski definition) is 1. The maximum atomic E-state index is 11.9. The fraction of sp³-hybridized carbons (Fsp3) is 0.214. The third-order valence-electron chi connectivity index (χ3n) is 2.62. The van der Waals surface area contributed by atoms with Crippen LogP contribution >= 0.6 is 11.3 Å². The number of rotatable bonds is 4. The Labute approximate surface area is 120 Å². The van der Waals surface area contributed by atoms with E-state index in [1.54, 1.807) is 0 Å². The van der Waals surface area contributed by atoms with Crippen LogP contribution < -0.4 is 5.32 Å². The van der Waals surface area contributed by atoms with E-state index in [4.69, 9.17) is 0 Å². The van der Waals surface area contributed by atoms with Crippen molar-refractivity contribution in [1.29, 1.82) is 0 Å². The minimum atomic E-state index is -0.457. The molecule has 0 radical (unpaired) electrons. The van der Waals surface area contributed by atoms with Crippen molar-refractivity contribution in [2.75, 3.05) is 12.4 Å². The molecule has 20 heavy (non-hydrogen) atoms. The van der Waals surface area contributed by atoms with Gasteiger partial charge >= 0.3 is 5.97 Å². The summed E-state index contributed by atoms with van der Waals surface area (Å²) >= 11 is 1.09. The SMILES string of the molecule is COC(=O)c1cnc(NC(=O)Cc2ccc(C)cc2)s1. The lowest BCUT2D eigenvalue weighted by molar-refractivity contribution is -0.115.